The van der Waals surface area contributed by atoms with Crippen molar-refractivity contribution in [2.75, 3.05) is 0 Å². The summed E-state index contributed by atoms with van der Waals surface area (Å²) in [6.45, 7) is 6.66. The molecule has 0 heterocycles. The average Bonchev–Trinajstić information content (AvgIpc) is 2.37. The lowest BCUT2D eigenvalue weighted by atomic mass is 9.71. The molecule has 2 N–H and O–H groups in total. The molecule has 20 heavy (non-hydrogen) atoms. The normalized spacial score (nSPS) is 29.1. The van der Waals surface area contributed by atoms with Gasteiger partial charge in [-0.05, 0) is 48.8 Å². The third-order valence-electron chi connectivity index (χ3n) is 4.37. The predicted molar refractivity (Wildman–Crippen MR) is 81.4 cm³/mol. The van der Waals surface area contributed by atoms with Crippen LogP contribution >= 0.6 is 0 Å². The molecule has 0 saturated heterocycles. The second-order valence-electron chi connectivity index (χ2n) is 6.83. The summed E-state index contributed by atoms with van der Waals surface area (Å²) in [5.41, 5.74) is 6.37. The van der Waals surface area contributed by atoms with Crippen molar-refractivity contribution in [3.05, 3.63) is 30.1 Å². The highest BCUT2D eigenvalue weighted by Gasteiger charge is 2.37. The van der Waals surface area contributed by atoms with Crippen LogP contribution in [0.3, 0.4) is 0 Å². The first-order valence-corrected chi connectivity index (χ1v) is 8.42. The Morgan fingerprint density at radius 3 is 2.60 bits per heavy atom. The smallest absolute Gasteiger partial charge is 0.124 e. The standard InChI is InChI=1S/C16H24FNOS/c1-16(2,3)11-7-8-14(18)15(9-11)20(19)13-6-4-5-12(17)10-13/h4-6,10-11,14-15H,7-9,18H2,1-3H3. The number of hydrogen-bond donors (Lipinski definition) is 1. The molecule has 0 aliphatic heterocycles. The monoisotopic (exact) mass is 297 g/mol. The summed E-state index contributed by atoms with van der Waals surface area (Å²) in [4.78, 5) is 0.556. The maximum atomic E-state index is 13.3. The van der Waals surface area contributed by atoms with Gasteiger partial charge in [-0.2, -0.15) is 0 Å². The topological polar surface area (TPSA) is 43.1 Å². The van der Waals surface area contributed by atoms with Crippen LogP contribution in [0.1, 0.15) is 40.0 Å². The molecule has 1 aliphatic rings. The van der Waals surface area contributed by atoms with E-state index in [2.05, 4.69) is 20.8 Å². The highest BCUT2D eigenvalue weighted by molar-refractivity contribution is 7.85. The van der Waals surface area contributed by atoms with Gasteiger partial charge in [-0.3, -0.25) is 4.21 Å². The van der Waals surface area contributed by atoms with E-state index in [-0.39, 0.29) is 22.5 Å². The number of rotatable bonds is 2. The van der Waals surface area contributed by atoms with Crippen molar-refractivity contribution >= 4 is 10.8 Å². The van der Waals surface area contributed by atoms with Crippen molar-refractivity contribution in [2.24, 2.45) is 17.1 Å². The van der Waals surface area contributed by atoms with Crippen LogP contribution in [0, 0.1) is 17.2 Å². The zero-order chi connectivity index (χ0) is 14.9. The number of nitrogens with two attached hydrogens (primary N) is 1. The fraction of sp³-hybridized carbons (Fsp3) is 0.625. The minimum Gasteiger partial charge on any atom is -0.327 e. The zero-order valence-electron chi connectivity index (χ0n) is 12.4. The summed E-state index contributed by atoms with van der Waals surface area (Å²) >= 11 is 0. The molecule has 1 fully saturated rings. The largest absolute Gasteiger partial charge is 0.327 e. The minimum absolute atomic E-state index is 0.0577. The molecular weight excluding hydrogens is 273 g/mol. The first kappa shape index (κ1) is 15.6. The lowest BCUT2D eigenvalue weighted by Gasteiger charge is -2.40. The molecule has 4 atom stereocenters. The molecular formula is C16H24FNOS. The molecule has 1 aromatic rings. The molecule has 0 spiro atoms. The predicted octanol–water partition coefficient (Wildman–Crippen LogP) is 3.48. The van der Waals surface area contributed by atoms with Gasteiger partial charge in [0.2, 0.25) is 0 Å². The fourth-order valence-electron chi connectivity index (χ4n) is 2.95. The van der Waals surface area contributed by atoms with Crippen molar-refractivity contribution in [2.45, 2.75) is 56.2 Å². The van der Waals surface area contributed by atoms with Crippen LogP contribution < -0.4 is 5.73 Å². The molecule has 4 unspecified atom stereocenters. The maximum absolute atomic E-state index is 13.3. The van der Waals surface area contributed by atoms with Crippen LogP contribution in [0.5, 0.6) is 0 Å². The number of halogens is 1. The molecule has 112 valence electrons. The van der Waals surface area contributed by atoms with Gasteiger partial charge >= 0.3 is 0 Å². The molecule has 0 amide bonds. The molecule has 1 saturated carbocycles. The van der Waals surface area contributed by atoms with Crippen LogP contribution in [0.25, 0.3) is 0 Å². The lowest BCUT2D eigenvalue weighted by molar-refractivity contribution is 0.173. The van der Waals surface area contributed by atoms with Gasteiger partial charge in [0.1, 0.15) is 5.82 Å². The fourth-order valence-corrected chi connectivity index (χ4v) is 4.60. The summed E-state index contributed by atoms with van der Waals surface area (Å²) in [5, 5.41) is -0.0743. The molecule has 2 rings (SSSR count). The van der Waals surface area contributed by atoms with Gasteiger partial charge in [0.25, 0.3) is 0 Å². The van der Waals surface area contributed by atoms with Gasteiger partial charge < -0.3 is 5.73 Å². The van der Waals surface area contributed by atoms with Crippen LogP contribution in [0.15, 0.2) is 29.2 Å². The van der Waals surface area contributed by atoms with Crippen molar-refractivity contribution in [3.8, 4) is 0 Å². The first-order valence-electron chi connectivity index (χ1n) is 7.21. The van der Waals surface area contributed by atoms with Crippen LogP contribution in [0.2, 0.25) is 0 Å². The molecule has 0 radical (unpaired) electrons. The molecule has 1 aromatic carbocycles. The molecule has 0 bridgehead atoms. The van der Waals surface area contributed by atoms with Gasteiger partial charge in [0.05, 0.1) is 16.0 Å². The Morgan fingerprint density at radius 1 is 1.30 bits per heavy atom. The van der Waals surface area contributed by atoms with E-state index >= 15 is 0 Å². The third-order valence-corrected chi connectivity index (χ3v) is 6.18. The third kappa shape index (κ3) is 3.47. The van der Waals surface area contributed by atoms with Crippen LogP contribution in [-0.2, 0) is 10.8 Å². The Balaban J connectivity index is 2.19. The number of benzene rings is 1. The Bertz CT molecular complexity index is 497. The van der Waals surface area contributed by atoms with Crippen molar-refractivity contribution < 1.29 is 8.60 Å². The summed E-state index contributed by atoms with van der Waals surface area (Å²) < 4.78 is 26.0. The van der Waals surface area contributed by atoms with E-state index in [0.717, 1.165) is 19.3 Å². The highest BCUT2D eigenvalue weighted by atomic mass is 32.2. The summed E-state index contributed by atoms with van der Waals surface area (Å²) in [6.07, 6.45) is 2.84. The molecule has 2 nitrogen and oxygen atoms in total. The first-order chi connectivity index (χ1) is 9.29. The van der Waals surface area contributed by atoms with Gasteiger partial charge in [-0.1, -0.05) is 26.8 Å². The molecule has 0 aromatic heterocycles. The highest BCUT2D eigenvalue weighted by Crippen LogP contribution is 2.39. The summed E-state index contributed by atoms with van der Waals surface area (Å²) in [5.74, 6) is 0.178. The Hall–Kier alpha value is -0.740. The molecule has 4 heteroatoms. The summed E-state index contributed by atoms with van der Waals surface area (Å²) in [6, 6.07) is 6.02. The zero-order valence-corrected chi connectivity index (χ0v) is 13.3. The van der Waals surface area contributed by atoms with E-state index in [4.69, 9.17) is 5.73 Å². The van der Waals surface area contributed by atoms with E-state index in [1.54, 1.807) is 12.1 Å². The minimum atomic E-state index is -1.23. The van der Waals surface area contributed by atoms with E-state index in [0.29, 0.717) is 10.8 Å². The quantitative estimate of drug-likeness (QED) is 0.908. The van der Waals surface area contributed by atoms with Gasteiger partial charge in [-0.15, -0.1) is 0 Å². The van der Waals surface area contributed by atoms with Crippen LogP contribution in [-0.4, -0.2) is 15.5 Å². The van der Waals surface area contributed by atoms with E-state index in [9.17, 15) is 8.60 Å². The van der Waals surface area contributed by atoms with E-state index in [1.165, 1.54) is 12.1 Å². The summed E-state index contributed by atoms with van der Waals surface area (Å²) in [7, 11) is -1.23. The van der Waals surface area contributed by atoms with E-state index in [1.807, 2.05) is 0 Å². The lowest BCUT2D eigenvalue weighted by Crippen LogP contribution is -2.45. The van der Waals surface area contributed by atoms with Crippen molar-refractivity contribution in [1.82, 2.24) is 0 Å². The Morgan fingerprint density at radius 2 is 2.00 bits per heavy atom. The SMILES string of the molecule is CC(C)(C)C1CCC(N)C(S(=O)c2cccc(F)c2)C1. The molecule has 1 aliphatic carbocycles. The second kappa shape index (κ2) is 5.94. The van der Waals surface area contributed by atoms with Gasteiger partial charge in [0.15, 0.2) is 0 Å². The maximum Gasteiger partial charge on any atom is 0.124 e. The Kier molecular flexibility index (Phi) is 4.65. The van der Waals surface area contributed by atoms with E-state index < -0.39 is 10.8 Å². The van der Waals surface area contributed by atoms with Gasteiger partial charge in [-0.25, -0.2) is 4.39 Å². The Labute approximate surface area is 123 Å². The van der Waals surface area contributed by atoms with Crippen LogP contribution in [0.4, 0.5) is 4.39 Å². The number of hydrogen-bond acceptors (Lipinski definition) is 2. The van der Waals surface area contributed by atoms with Gasteiger partial charge in [0, 0.05) is 10.9 Å². The van der Waals surface area contributed by atoms with Crippen molar-refractivity contribution in [1.29, 1.82) is 0 Å². The second-order valence-corrected chi connectivity index (χ2v) is 8.50. The average molecular weight is 297 g/mol. The van der Waals surface area contributed by atoms with Crippen molar-refractivity contribution in [3.63, 3.8) is 0 Å².